The van der Waals surface area contributed by atoms with E-state index in [1.165, 1.54) is 6.07 Å². The summed E-state index contributed by atoms with van der Waals surface area (Å²) in [6, 6.07) is 13.1. The summed E-state index contributed by atoms with van der Waals surface area (Å²) in [7, 11) is 0. The normalized spacial score (nSPS) is 24.5. The van der Waals surface area contributed by atoms with Gasteiger partial charge in [-0.15, -0.1) is 0 Å². The van der Waals surface area contributed by atoms with Crippen molar-refractivity contribution < 1.29 is 23.1 Å². The first-order valence-corrected chi connectivity index (χ1v) is 9.08. The number of nitrogens with zero attached hydrogens (tertiary/aromatic N) is 1. The van der Waals surface area contributed by atoms with Crippen LogP contribution in [0.1, 0.15) is 33.2 Å². The van der Waals surface area contributed by atoms with Crippen LogP contribution in [-0.2, 0) is 6.54 Å². The molecule has 4 rings (SSSR count). The van der Waals surface area contributed by atoms with Crippen LogP contribution >= 0.6 is 0 Å². The van der Waals surface area contributed by atoms with Crippen LogP contribution in [0.3, 0.4) is 0 Å². The Labute approximate surface area is 161 Å². The molecule has 2 aromatic rings. The number of nitrogens with one attached hydrogen (secondary N) is 1. The molecule has 0 bridgehead atoms. The van der Waals surface area contributed by atoms with Gasteiger partial charge in [0.05, 0.1) is 17.0 Å². The first-order chi connectivity index (χ1) is 13.4. The van der Waals surface area contributed by atoms with E-state index in [4.69, 9.17) is 0 Å². The maximum atomic E-state index is 13.3. The average molecular weight is 386 g/mol. The number of benzene rings is 2. The molecule has 1 N–H and O–H groups in total. The molecule has 2 aromatic carbocycles. The van der Waals surface area contributed by atoms with Crippen molar-refractivity contribution in [2.24, 2.45) is 5.41 Å². The van der Waals surface area contributed by atoms with Crippen LogP contribution in [0.4, 0.5) is 8.78 Å². The highest BCUT2D eigenvalue weighted by atomic mass is 19.3. The molecule has 0 radical (unpaired) electrons. The fourth-order valence-corrected chi connectivity index (χ4v) is 4.16. The molecule has 0 saturated carbocycles. The van der Waals surface area contributed by atoms with E-state index in [0.717, 1.165) is 0 Å². The number of ketones is 1. The number of carbonyl (C=O) groups excluding carboxylic acids is 2. The lowest BCUT2D eigenvalue weighted by atomic mass is 9.78. The molecule has 1 saturated heterocycles. The molecule has 2 atom stereocenters. The molecule has 28 heavy (non-hydrogen) atoms. The van der Waals surface area contributed by atoms with E-state index in [-0.39, 0.29) is 23.5 Å². The third-order valence-corrected chi connectivity index (χ3v) is 5.58. The highest BCUT2D eigenvalue weighted by Gasteiger charge is 2.51. The zero-order valence-electron chi connectivity index (χ0n) is 15.3. The van der Waals surface area contributed by atoms with E-state index in [0.29, 0.717) is 36.3 Å². The Morgan fingerprint density at radius 2 is 1.82 bits per heavy atom. The Morgan fingerprint density at radius 3 is 2.57 bits per heavy atom. The molecule has 146 valence electrons. The Hall–Kier alpha value is -2.80. The van der Waals surface area contributed by atoms with Crippen LogP contribution in [0, 0.1) is 5.41 Å². The Kier molecular flexibility index (Phi) is 4.63. The second kappa shape index (κ2) is 6.98. The van der Waals surface area contributed by atoms with Gasteiger partial charge in [0.15, 0.2) is 5.78 Å². The van der Waals surface area contributed by atoms with Crippen molar-refractivity contribution in [3.8, 4) is 5.75 Å². The van der Waals surface area contributed by atoms with Crippen LogP contribution in [-0.4, -0.2) is 42.3 Å². The number of fused-ring (bicyclic) bond motifs is 2. The van der Waals surface area contributed by atoms with Gasteiger partial charge < -0.3 is 10.1 Å². The summed E-state index contributed by atoms with van der Waals surface area (Å²) in [5.41, 5.74) is 0.640. The zero-order valence-corrected chi connectivity index (χ0v) is 15.3. The summed E-state index contributed by atoms with van der Waals surface area (Å²) >= 11 is 0. The number of carbonyl (C=O) groups is 2. The van der Waals surface area contributed by atoms with E-state index in [9.17, 15) is 18.4 Å². The van der Waals surface area contributed by atoms with Gasteiger partial charge in [0.1, 0.15) is 5.75 Å². The standard InChI is InChI=1S/C21H20F2N2O3/c1-21-12-25(10-13-6-2-5-9-16(13)28-20(22)23)11-17(21)24-19(27)15-8-4-3-7-14(15)18(21)26/h2-9,17,20H,10-12H2,1H3,(H,24,27)/t17-,21+/m1/s1. The summed E-state index contributed by atoms with van der Waals surface area (Å²) < 4.78 is 29.9. The minimum atomic E-state index is -2.90. The lowest BCUT2D eigenvalue weighted by molar-refractivity contribution is -0.0507. The van der Waals surface area contributed by atoms with Gasteiger partial charge in [0, 0.05) is 30.8 Å². The number of likely N-dealkylation sites (tertiary alicyclic amines) is 1. The van der Waals surface area contributed by atoms with Gasteiger partial charge in [-0.05, 0) is 19.1 Å². The highest BCUT2D eigenvalue weighted by Crippen LogP contribution is 2.38. The second-order valence-corrected chi connectivity index (χ2v) is 7.47. The summed E-state index contributed by atoms with van der Waals surface area (Å²) in [4.78, 5) is 27.8. The maximum Gasteiger partial charge on any atom is 0.387 e. The molecule has 0 spiro atoms. The number of amides is 1. The van der Waals surface area contributed by atoms with Gasteiger partial charge in [-0.25, -0.2) is 0 Å². The van der Waals surface area contributed by atoms with Gasteiger partial charge >= 0.3 is 6.61 Å². The summed E-state index contributed by atoms with van der Waals surface area (Å²) in [5, 5.41) is 2.98. The predicted octanol–water partition coefficient (Wildman–Crippen LogP) is 3.10. The third-order valence-electron chi connectivity index (χ3n) is 5.58. The number of alkyl halides is 2. The van der Waals surface area contributed by atoms with Crippen molar-refractivity contribution in [1.82, 2.24) is 10.2 Å². The SMILES string of the molecule is C[C@]12CN(Cc3ccccc3OC(F)F)C[C@H]1NC(=O)c1ccccc1C2=O. The van der Waals surface area contributed by atoms with Crippen molar-refractivity contribution in [1.29, 1.82) is 0 Å². The smallest absolute Gasteiger partial charge is 0.387 e. The number of ether oxygens (including phenoxy) is 1. The number of halogens is 2. The molecule has 2 aliphatic heterocycles. The molecule has 2 aliphatic rings. The zero-order chi connectivity index (χ0) is 19.9. The van der Waals surface area contributed by atoms with Crippen molar-refractivity contribution in [2.75, 3.05) is 13.1 Å². The lowest BCUT2D eigenvalue weighted by Gasteiger charge is -2.27. The topological polar surface area (TPSA) is 58.6 Å². The van der Waals surface area contributed by atoms with Gasteiger partial charge in [-0.3, -0.25) is 14.5 Å². The first-order valence-electron chi connectivity index (χ1n) is 9.08. The molecule has 0 aromatic heterocycles. The predicted molar refractivity (Wildman–Crippen MR) is 98.5 cm³/mol. The quantitative estimate of drug-likeness (QED) is 0.877. The van der Waals surface area contributed by atoms with Gasteiger partial charge in [0.25, 0.3) is 5.91 Å². The fourth-order valence-electron chi connectivity index (χ4n) is 4.16. The van der Waals surface area contributed by atoms with E-state index >= 15 is 0 Å². The average Bonchev–Trinajstić information content (AvgIpc) is 2.95. The number of hydrogen-bond donors (Lipinski definition) is 1. The van der Waals surface area contributed by atoms with E-state index in [2.05, 4.69) is 10.1 Å². The molecule has 0 unspecified atom stereocenters. The molecule has 1 fully saturated rings. The number of rotatable bonds is 4. The minimum Gasteiger partial charge on any atom is -0.434 e. The van der Waals surface area contributed by atoms with Crippen molar-refractivity contribution in [3.05, 3.63) is 65.2 Å². The van der Waals surface area contributed by atoms with Crippen molar-refractivity contribution in [2.45, 2.75) is 26.1 Å². The minimum absolute atomic E-state index is 0.0777. The molecule has 0 aliphatic carbocycles. The van der Waals surface area contributed by atoms with E-state index < -0.39 is 12.0 Å². The van der Waals surface area contributed by atoms with Gasteiger partial charge in [-0.2, -0.15) is 8.78 Å². The lowest BCUT2D eigenvalue weighted by Crippen LogP contribution is -2.47. The van der Waals surface area contributed by atoms with Crippen LogP contribution in [0.2, 0.25) is 0 Å². The molecular weight excluding hydrogens is 366 g/mol. The van der Waals surface area contributed by atoms with Crippen molar-refractivity contribution in [3.63, 3.8) is 0 Å². The summed E-state index contributed by atoms with van der Waals surface area (Å²) in [6.07, 6.45) is 0. The molecular formula is C21H20F2N2O3. The maximum absolute atomic E-state index is 13.3. The summed E-state index contributed by atoms with van der Waals surface area (Å²) in [5.74, 6) is -0.220. The highest BCUT2D eigenvalue weighted by molar-refractivity contribution is 6.12. The molecule has 1 amide bonds. The van der Waals surface area contributed by atoms with Crippen LogP contribution < -0.4 is 10.1 Å². The van der Waals surface area contributed by atoms with Gasteiger partial charge in [-0.1, -0.05) is 36.4 Å². The Balaban J connectivity index is 1.60. The second-order valence-electron chi connectivity index (χ2n) is 7.47. The van der Waals surface area contributed by atoms with Crippen LogP contribution in [0.25, 0.3) is 0 Å². The van der Waals surface area contributed by atoms with Gasteiger partial charge in [0.2, 0.25) is 0 Å². The molecule has 5 nitrogen and oxygen atoms in total. The Bertz CT molecular complexity index is 933. The number of hydrogen-bond acceptors (Lipinski definition) is 4. The number of para-hydroxylation sites is 1. The third kappa shape index (κ3) is 3.16. The summed E-state index contributed by atoms with van der Waals surface area (Å²) in [6.45, 7) is 0.156. The number of Topliss-reactive ketones (excluding diaryl/α,β-unsaturated/α-hetero) is 1. The van der Waals surface area contributed by atoms with E-state index in [1.54, 1.807) is 42.5 Å². The Morgan fingerprint density at radius 1 is 1.14 bits per heavy atom. The van der Waals surface area contributed by atoms with E-state index in [1.807, 2.05) is 11.8 Å². The van der Waals surface area contributed by atoms with Crippen LogP contribution in [0.5, 0.6) is 5.75 Å². The molecule has 7 heteroatoms. The largest absolute Gasteiger partial charge is 0.434 e. The van der Waals surface area contributed by atoms with Crippen molar-refractivity contribution >= 4 is 11.7 Å². The first kappa shape index (κ1) is 18.6. The van der Waals surface area contributed by atoms with Crippen LogP contribution in [0.15, 0.2) is 48.5 Å². The monoisotopic (exact) mass is 386 g/mol. The fraction of sp³-hybridized carbons (Fsp3) is 0.333. The molecule has 2 heterocycles.